The van der Waals surface area contributed by atoms with Crippen LogP contribution in [-0.4, -0.2) is 30.4 Å². The van der Waals surface area contributed by atoms with Crippen LogP contribution in [0.3, 0.4) is 0 Å². The maximum absolute atomic E-state index is 13.0. The number of benzene rings is 2. The third-order valence-electron chi connectivity index (χ3n) is 3.78. The van der Waals surface area contributed by atoms with Gasteiger partial charge in [0.1, 0.15) is 5.82 Å². The molecule has 0 N–H and O–H groups in total. The highest BCUT2D eigenvalue weighted by molar-refractivity contribution is 5.90. The molecule has 0 aliphatic carbocycles. The number of aromatic nitrogens is 2. The summed E-state index contributed by atoms with van der Waals surface area (Å²) in [5, 5.41) is 7.79. The molecule has 27 heavy (non-hydrogen) atoms. The summed E-state index contributed by atoms with van der Waals surface area (Å²) < 4.78 is 34.2. The molecule has 0 unspecified atom stereocenters. The Balaban J connectivity index is 1.72. The quantitative estimate of drug-likeness (QED) is 0.608. The molecular formula is C19H17FN2O5. The molecule has 3 aromatic rings. The molecule has 0 radical (unpaired) electrons. The van der Waals surface area contributed by atoms with E-state index in [1.807, 2.05) is 0 Å². The van der Waals surface area contributed by atoms with Crippen molar-refractivity contribution in [2.75, 3.05) is 14.2 Å². The van der Waals surface area contributed by atoms with Crippen molar-refractivity contribution in [1.29, 1.82) is 0 Å². The standard InChI is InChI=1S/C19H17FN2O5/c1-11(17-21-22-18(27-17)12-4-7-14(20)8-5-12)26-19(23)13-6-9-15(24-2)16(10-13)25-3/h4-11H,1-3H3/t11-/m1/s1. The zero-order valence-corrected chi connectivity index (χ0v) is 14.9. The largest absolute Gasteiger partial charge is 0.493 e. The predicted octanol–water partition coefficient (Wildman–Crippen LogP) is 3.81. The van der Waals surface area contributed by atoms with E-state index in [4.69, 9.17) is 18.6 Å². The van der Waals surface area contributed by atoms with Crippen LogP contribution in [0, 0.1) is 5.82 Å². The lowest BCUT2D eigenvalue weighted by Crippen LogP contribution is -2.10. The van der Waals surface area contributed by atoms with E-state index in [2.05, 4.69) is 10.2 Å². The number of halogens is 1. The third kappa shape index (κ3) is 4.05. The molecule has 0 fully saturated rings. The summed E-state index contributed by atoms with van der Waals surface area (Å²) >= 11 is 0. The van der Waals surface area contributed by atoms with Gasteiger partial charge in [0.2, 0.25) is 5.89 Å². The number of hydrogen-bond donors (Lipinski definition) is 0. The van der Waals surface area contributed by atoms with Crippen LogP contribution in [0.2, 0.25) is 0 Å². The summed E-state index contributed by atoms with van der Waals surface area (Å²) in [4.78, 5) is 12.4. The molecule has 0 spiro atoms. The van der Waals surface area contributed by atoms with Gasteiger partial charge in [-0.15, -0.1) is 10.2 Å². The summed E-state index contributed by atoms with van der Waals surface area (Å²) in [5.74, 6) is 0.307. The van der Waals surface area contributed by atoms with E-state index < -0.39 is 12.1 Å². The minimum absolute atomic E-state index is 0.128. The van der Waals surface area contributed by atoms with Gasteiger partial charge in [-0.25, -0.2) is 9.18 Å². The number of carbonyl (C=O) groups is 1. The van der Waals surface area contributed by atoms with E-state index in [9.17, 15) is 9.18 Å². The number of esters is 1. The molecule has 0 saturated heterocycles. The minimum atomic E-state index is -0.771. The molecule has 0 aliphatic rings. The summed E-state index contributed by atoms with van der Waals surface area (Å²) in [7, 11) is 2.98. The fraction of sp³-hybridized carbons (Fsp3) is 0.211. The Kier molecular flexibility index (Phi) is 5.35. The summed E-state index contributed by atoms with van der Waals surface area (Å²) in [6, 6.07) is 10.3. The highest BCUT2D eigenvalue weighted by Gasteiger charge is 2.21. The summed E-state index contributed by atoms with van der Waals surface area (Å²) in [5.41, 5.74) is 0.853. The van der Waals surface area contributed by atoms with Crippen LogP contribution >= 0.6 is 0 Å². The number of hydrogen-bond acceptors (Lipinski definition) is 7. The average molecular weight is 372 g/mol. The normalized spacial score (nSPS) is 11.7. The Morgan fingerprint density at radius 2 is 1.74 bits per heavy atom. The van der Waals surface area contributed by atoms with E-state index in [0.717, 1.165) is 0 Å². The summed E-state index contributed by atoms with van der Waals surface area (Å²) in [6.45, 7) is 1.61. The number of carbonyl (C=O) groups excluding carboxylic acids is 1. The third-order valence-corrected chi connectivity index (χ3v) is 3.78. The van der Waals surface area contributed by atoms with Crippen molar-refractivity contribution in [3.05, 3.63) is 59.7 Å². The Bertz CT molecular complexity index is 940. The number of rotatable bonds is 6. The Labute approximate surface area is 154 Å². The smallest absolute Gasteiger partial charge is 0.339 e. The molecule has 1 heterocycles. The van der Waals surface area contributed by atoms with Gasteiger partial charge in [-0.2, -0.15) is 0 Å². The second-order valence-corrected chi connectivity index (χ2v) is 5.57. The Morgan fingerprint density at radius 3 is 2.41 bits per heavy atom. The Morgan fingerprint density at radius 1 is 1.04 bits per heavy atom. The average Bonchev–Trinajstić information content (AvgIpc) is 3.18. The SMILES string of the molecule is COc1ccc(C(=O)O[C@H](C)c2nnc(-c3ccc(F)cc3)o2)cc1OC. The van der Waals surface area contributed by atoms with Crippen molar-refractivity contribution in [2.24, 2.45) is 0 Å². The lowest BCUT2D eigenvalue weighted by molar-refractivity contribution is 0.0279. The van der Waals surface area contributed by atoms with Gasteiger partial charge >= 0.3 is 5.97 Å². The lowest BCUT2D eigenvalue weighted by atomic mass is 10.2. The molecule has 7 nitrogen and oxygen atoms in total. The van der Waals surface area contributed by atoms with E-state index in [1.54, 1.807) is 19.1 Å². The zero-order valence-electron chi connectivity index (χ0n) is 14.9. The van der Waals surface area contributed by atoms with Crippen molar-refractivity contribution in [2.45, 2.75) is 13.0 Å². The van der Waals surface area contributed by atoms with Crippen molar-refractivity contribution < 1.29 is 27.8 Å². The van der Waals surface area contributed by atoms with E-state index in [1.165, 1.54) is 44.6 Å². The molecule has 2 aromatic carbocycles. The number of ether oxygens (including phenoxy) is 3. The molecule has 0 amide bonds. The van der Waals surface area contributed by atoms with Gasteiger partial charge in [0.25, 0.3) is 5.89 Å². The molecule has 140 valence electrons. The van der Waals surface area contributed by atoms with E-state index in [0.29, 0.717) is 17.1 Å². The molecule has 0 saturated carbocycles. The first-order valence-corrected chi connectivity index (χ1v) is 8.04. The first-order chi connectivity index (χ1) is 13.0. The van der Waals surface area contributed by atoms with Gasteiger partial charge in [0, 0.05) is 5.56 Å². The van der Waals surface area contributed by atoms with Crippen LogP contribution in [0.1, 0.15) is 29.3 Å². The first kappa shape index (κ1) is 18.4. The van der Waals surface area contributed by atoms with E-state index in [-0.39, 0.29) is 23.2 Å². The van der Waals surface area contributed by atoms with Crippen molar-refractivity contribution in [3.8, 4) is 23.0 Å². The lowest BCUT2D eigenvalue weighted by Gasteiger charge is -2.11. The minimum Gasteiger partial charge on any atom is -0.493 e. The molecular weight excluding hydrogens is 355 g/mol. The van der Waals surface area contributed by atoms with Crippen LogP contribution in [-0.2, 0) is 4.74 Å². The van der Waals surface area contributed by atoms with Gasteiger partial charge in [0.15, 0.2) is 17.6 Å². The maximum Gasteiger partial charge on any atom is 0.339 e. The van der Waals surface area contributed by atoms with E-state index >= 15 is 0 Å². The predicted molar refractivity (Wildman–Crippen MR) is 93.1 cm³/mol. The van der Waals surface area contributed by atoms with Crippen molar-refractivity contribution in [3.63, 3.8) is 0 Å². The monoisotopic (exact) mass is 372 g/mol. The second kappa shape index (κ2) is 7.86. The molecule has 0 bridgehead atoms. The zero-order chi connectivity index (χ0) is 19.4. The number of methoxy groups -OCH3 is 2. The van der Waals surface area contributed by atoms with Crippen LogP contribution in [0.25, 0.3) is 11.5 Å². The van der Waals surface area contributed by atoms with Crippen LogP contribution in [0.15, 0.2) is 46.9 Å². The molecule has 8 heteroatoms. The molecule has 3 rings (SSSR count). The highest BCUT2D eigenvalue weighted by Crippen LogP contribution is 2.29. The fourth-order valence-electron chi connectivity index (χ4n) is 2.35. The van der Waals surface area contributed by atoms with Gasteiger partial charge in [-0.3, -0.25) is 0 Å². The van der Waals surface area contributed by atoms with Gasteiger partial charge in [-0.1, -0.05) is 0 Å². The molecule has 0 aliphatic heterocycles. The topological polar surface area (TPSA) is 83.7 Å². The first-order valence-electron chi connectivity index (χ1n) is 8.04. The fourth-order valence-corrected chi connectivity index (χ4v) is 2.35. The number of nitrogens with zero attached hydrogens (tertiary/aromatic N) is 2. The maximum atomic E-state index is 13.0. The Hall–Kier alpha value is -3.42. The van der Waals surface area contributed by atoms with Gasteiger partial charge < -0.3 is 18.6 Å². The van der Waals surface area contributed by atoms with Crippen molar-refractivity contribution in [1.82, 2.24) is 10.2 Å². The summed E-state index contributed by atoms with van der Waals surface area (Å²) in [6.07, 6.45) is -0.771. The highest BCUT2D eigenvalue weighted by atomic mass is 19.1. The van der Waals surface area contributed by atoms with Crippen LogP contribution < -0.4 is 9.47 Å². The molecule has 1 aromatic heterocycles. The van der Waals surface area contributed by atoms with Crippen LogP contribution in [0.5, 0.6) is 11.5 Å². The van der Waals surface area contributed by atoms with Crippen LogP contribution in [0.4, 0.5) is 4.39 Å². The van der Waals surface area contributed by atoms with Gasteiger partial charge in [-0.05, 0) is 49.4 Å². The molecule has 1 atom stereocenters. The second-order valence-electron chi connectivity index (χ2n) is 5.57. The van der Waals surface area contributed by atoms with Gasteiger partial charge in [0.05, 0.1) is 19.8 Å². The van der Waals surface area contributed by atoms with Crippen molar-refractivity contribution >= 4 is 5.97 Å².